The minimum absolute atomic E-state index is 0. The van der Waals surface area contributed by atoms with E-state index in [1.165, 1.54) is 11.3 Å². The lowest BCUT2D eigenvalue weighted by Gasteiger charge is -1.99. The molecule has 2 N–H and O–H groups in total. The lowest BCUT2D eigenvalue weighted by atomic mass is 10.2. The quantitative estimate of drug-likeness (QED) is 0.756. The molecule has 0 radical (unpaired) electrons. The molecular formula is C12H10ClN3OS. The fourth-order valence-corrected chi connectivity index (χ4v) is 2.27. The summed E-state index contributed by atoms with van der Waals surface area (Å²) in [6.07, 6.45) is 0. The molecule has 0 aliphatic carbocycles. The zero-order chi connectivity index (χ0) is 11.7. The topological polar surface area (TPSA) is 57.8 Å². The average molecular weight is 280 g/mol. The smallest absolute Gasteiger partial charge is 0.257 e. The summed E-state index contributed by atoms with van der Waals surface area (Å²) < 4.78 is 0. The Hall–Kier alpha value is -1.85. The number of hydrogen-bond donors (Lipinski definition) is 2. The number of benzene rings is 1. The molecule has 0 saturated carbocycles. The van der Waals surface area contributed by atoms with Crippen molar-refractivity contribution in [3.05, 3.63) is 46.7 Å². The Morgan fingerprint density at radius 2 is 2.11 bits per heavy atom. The first kappa shape index (κ1) is 12.6. The number of aromatic nitrogens is 2. The number of amides is 1. The molecule has 0 atom stereocenters. The van der Waals surface area contributed by atoms with Crippen molar-refractivity contribution in [1.29, 1.82) is 0 Å². The maximum atomic E-state index is 11.9. The van der Waals surface area contributed by atoms with Crippen LogP contribution >= 0.6 is 23.7 Å². The molecule has 3 aromatic rings. The van der Waals surface area contributed by atoms with Crippen molar-refractivity contribution < 1.29 is 4.79 Å². The Kier molecular flexibility index (Phi) is 3.64. The Balaban J connectivity index is 0.00000120. The number of nitrogens with one attached hydrogen (secondary N) is 2. The number of carbonyl (C=O) groups excluding carboxylic acids is 1. The first-order chi connectivity index (χ1) is 8.34. The van der Waals surface area contributed by atoms with Gasteiger partial charge in [-0.05, 0) is 23.6 Å². The Morgan fingerprint density at radius 1 is 1.28 bits per heavy atom. The fourth-order valence-electron chi connectivity index (χ4n) is 1.63. The number of fused-ring (bicyclic) bond motifs is 1. The summed E-state index contributed by atoms with van der Waals surface area (Å²) in [5, 5.41) is 14.4. The molecular weight excluding hydrogens is 270 g/mol. The minimum Gasteiger partial charge on any atom is -0.305 e. The fraction of sp³-hybridized carbons (Fsp3) is 0. The number of hydrogen-bond acceptors (Lipinski definition) is 3. The van der Waals surface area contributed by atoms with Crippen molar-refractivity contribution >= 4 is 46.4 Å². The highest BCUT2D eigenvalue weighted by molar-refractivity contribution is 7.08. The first-order valence-electron chi connectivity index (χ1n) is 5.11. The molecule has 18 heavy (non-hydrogen) atoms. The summed E-state index contributed by atoms with van der Waals surface area (Å²) in [7, 11) is 0. The summed E-state index contributed by atoms with van der Waals surface area (Å²) in [5.41, 5.74) is 1.56. The average Bonchev–Trinajstić information content (AvgIpc) is 2.98. The Bertz CT molecular complexity index is 663. The molecule has 0 spiro atoms. The molecule has 4 nitrogen and oxygen atoms in total. The number of halogens is 1. The van der Waals surface area contributed by atoms with E-state index in [0.717, 1.165) is 10.9 Å². The molecule has 0 aliphatic rings. The number of anilines is 1. The summed E-state index contributed by atoms with van der Waals surface area (Å²) in [6, 6.07) is 9.46. The van der Waals surface area contributed by atoms with Crippen LogP contribution in [-0.4, -0.2) is 16.1 Å². The number of H-pyrrole nitrogens is 1. The first-order valence-corrected chi connectivity index (χ1v) is 6.05. The number of carbonyl (C=O) groups is 1. The van der Waals surface area contributed by atoms with Gasteiger partial charge in [0.05, 0.1) is 11.1 Å². The summed E-state index contributed by atoms with van der Waals surface area (Å²) in [6.45, 7) is 0. The van der Waals surface area contributed by atoms with Gasteiger partial charge in [-0.2, -0.15) is 16.4 Å². The molecule has 0 aliphatic heterocycles. The van der Waals surface area contributed by atoms with Gasteiger partial charge >= 0.3 is 0 Å². The molecule has 3 rings (SSSR count). The van der Waals surface area contributed by atoms with Gasteiger partial charge in [-0.3, -0.25) is 9.89 Å². The maximum absolute atomic E-state index is 11.9. The second kappa shape index (κ2) is 5.20. The third-order valence-corrected chi connectivity index (χ3v) is 3.17. The van der Waals surface area contributed by atoms with Gasteiger partial charge in [-0.15, -0.1) is 12.4 Å². The largest absolute Gasteiger partial charge is 0.305 e. The predicted octanol–water partition coefficient (Wildman–Crippen LogP) is 3.30. The molecule has 0 bridgehead atoms. The van der Waals surface area contributed by atoms with Crippen molar-refractivity contribution in [3.8, 4) is 0 Å². The molecule has 2 aromatic heterocycles. The zero-order valence-electron chi connectivity index (χ0n) is 9.21. The molecule has 92 valence electrons. The van der Waals surface area contributed by atoms with Gasteiger partial charge in [-0.25, -0.2) is 0 Å². The van der Waals surface area contributed by atoms with E-state index < -0.39 is 0 Å². The highest BCUT2D eigenvalue weighted by atomic mass is 35.5. The summed E-state index contributed by atoms with van der Waals surface area (Å²) in [5.74, 6) is 0.431. The number of thiophene rings is 1. The SMILES string of the molecule is Cl.O=C(Nc1n[nH]c2ccccc12)c1ccsc1. The van der Waals surface area contributed by atoms with Gasteiger partial charge in [0, 0.05) is 10.8 Å². The lowest BCUT2D eigenvalue weighted by molar-refractivity contribution is 0.102. The number of aromatic amines is 1. The van der Waals surface area contributed by atoms with E-state index in [1.807, 2.05) is 35.0 Å². The van der Waals surface area contributed by atoms with Crippen LogP contribution < -0.4 is 5.32 Å². The van der Waals surface area contributed by atoms with Crippen molar-refractivity contribution in [2.45, 2.75) is 0 Å². The second-order valence-corrected chi connectivity index (χ2v) is 4.36. The van der Waals surface area contributed by atoms with Crippen molar-refractivity contribution in [2.75, 3.05) is 5.32 Å². The third kappa shape index (κ3) is 2.23. The number of nitrogens with zero attached hydrogens (tertiary/aromatic N) is 1. The number of para-hydroxylation sites is 1. The van der Waals surface area contributed by atoms with Crippen molar-refractivity contribution in [2.24, 2.45) is 0 Å². The molecule has 0 fully saturated rings. The van der Waals surface area contributed by atoms with Crippen molar-refractivity contribution in [3.63, 3.8) is 0 Å². The van der Waals surface area contributed by atoms with Crippen LogP contribution in [0.4, 0.5) is 5.82 Å². The van der Waals surface area contributed by atoms with E-state index in [2.05, 4.69) is 15.5 Å². The van der Waals surface area contributed by atoms with Crippen LogP contribution in [0.15, 0.2) is 41.1 Å². The van der Waals surface area contributed by atoms with Gasteiger partial charge < -0.3 is 5.32 Å². The highest BCUT2D eigenvalue weighted by Gasteiger charge is 2.10. The van der Waals surface area contributed by atoms with E-state index in [4.69, 9.17) is 0 Å². The highest BCUT2D eigenvalue weighted by Crippen LogP contribution is 2.20. The van der Waals surface area contributed by atoms with Gasteiger partial charge in [-0.1, -0.05) is 12.1 Å². The van der Waals surface area contributed by atoms with Crippen LogP contribution in [0.3, 0.4) is 0 Å². The van der Waals surface area contributed by atoms with E-state index in [0.29, 0.717) is 11.4 Å². The van der Waals surface area contributed by atoms with Crippen LogP contribution in [0.2, 0.25) is 0 Å². The van der Waals surface area contributed by atoms with Gasteiger partial charge in [0.2, 0.25) is 0 Å². The van der Waals surface area contributed by atoms with Gasteiger partial charge in [0.25, 0.3) is 5.91 Å². The molecule has 2 heterocycles. The normalized spacial score (nSPS) is 10.0. The molecule has 1 aromatic carbocycles. The summed E-state index contributed by atoms with van der Waals surface area (Å²) >= 11 is 1.50. The van der Waals surface area contributed by atoms with Crippen LogP contribution in [0, 0.1) is 0 Å². The standard InChI is InChI=1S/C12H9N3OS.ClH/c16-12(8-5-6-17-7-8)13-11-9-3-1-2-4-10(9)14-15-11;/h1-7H,(H2,13,14,15,16);1H. The lowest BCUT2D eigenvalue weighted by Crippen LogP contribution is -2.11. The second-order valence-electron chi connectivity index (χ2n) is 3.58. The van der Waals surface area contributed by atoms with Gasteiger partial charge in [0.1, 0.15) is 0 Å². The maximum Gasteiger partial charge on any atom is 0.257 e. The zero-order valence-corrected chi connectivity index (χ0v) is 10.8. The van der Waals surface area contributed by atoms with Crippen LogP contribution in [0.5, 0.6) is 0 Å². The van der Waals surface area contributed by atoms with E-state index in [9.17, 15) is 4.79 Å². The van der Waals surface area contributed by atoms with E-state index >= 15 is 0 Å². The van der Waals surface area contributed by atoms with E-state index in [-0.39, 0.29) is 18.3 Å². The molecule has 6 heteroatoms. The van der Waals surface area contributed by atoms with Gasteiger partial charge in [0.15, 0.2) is 5.82 Å². The molecule has 0 saturated heterocycles. The monoisotopic (exact) mass is 279 g/mol. The minimum atomic E-state index is -0.136. The van der Waals surface area contributed by atoms with Crippen LogP contribution in [0.25, 0.3) is 10.9 Å². The van der Waals surface area contributed by atoms with Crippen LogP contribution in [0.1, 0.15) is 10.4 Å². The molecule has 0 unspecified atom stereocenters. The van der Waals surface area contributed by atoms with Crippen molar-refractivity contribution in [1.82, 2.24) is 10.2 Å². The van der Waals surface area contributed by atoms with E-state index in [1.54, 1.807) is 6.07 Å². The molecule has 1 amide bonds. The van der Waals surface area contributed by atoms with Crippen LogP contribution in [-0.2, 0) is 0 Å². The number of rotatable bonds is 2. The Morgan fingerprint density at radius 3 is 2.89 bits per heavy atom. The third-order valence-electron chi connectivity index (χ3n) is 2.49. The predicted molar refractivity (Wildman–Crippen MR) is 75.6 cm³/mol. The summed E-state index contributed by atoms with van der Waals surface area (Å²) in [4.78, 5) is 11.9. The Labute approximate surface area is 113 Å².